The van der Waals surface area contributed by atoms with Gasteiger partial charge < -0.3 is 19.1 Å². The van der Waals surface area contributed by atoms with Crippen molar-refractivity contribution in [1.29, 1.82) is 0 Å². The van der Waals surface area contributed by atoms with Crippen molar-refractivity contribution in [3.8, 4) is 11.5 Å². The predicted molar refractivity (Wildman–Crippen MR) is 178 cm³/mol. The second-order valence-corrected chi connectivity index (χ2v) is 12.5. The maximum atomic E-state index is 14.1. The molecule has 5 rings (SSSR count). The molecule has 3 aromatic carbocycles. The first-order valence-corrected chi connectivity index (χ1v) is 17.0. The van der Waals surface area contributed by atoms with Gasteiger partial charge in [0.15, 0.2) is 5.16 Å². The zero-order valence-corrected chi connectivity index (χ0v) is 27.7. The van der Waals surface area contributed by atoms with Gasteiger partial charge in [0, 0.05) is 36.6 Å². The van der Waals surface area contributed by atoms with Gasteiger partial charge in [-0.25, -0.2) is 4.39 Å². The highest BCUT2D eigenvalue weighted by Gasteiger charge is 2.30. The number of likely N-dealkylation sites (N-methyl/N-ethyl adjacent to an activating group) is 1. The van der Waals surface area contributed by atoms with Gasteiger partial charge in [-0.1, -0.05) is 49.9 Å². The quantitative estimate of drug-likeness (QED) is 0.0788. The maximum Gasteiger partial charge on any atom is 0.416 e. The van der Waals surface area contributed by atoms with Crippen LogP contribution in [0.25, 0.3) is 0 Å². The van der Waals surface area contributed by atoms with Crippen LogP contribution in [0.5, 0.6) is 11.5 Å². The number of carbonyl (C=O) groups is 1. The smallest absolute Gasteiger partial charge is 0.416 e. The molecule has 1 aliphatic rings. The second-order valence-electron chi connectivity index (χ2n) is 11.6. The molecule has 1 heterocycles. The number of aromatic nitrogens is 2. The molecule has 0 spiro atoms. The third-order valence-electron chi connectivity index (χ3n) is 8.42. The largest absolute Gasteiger partial charge is 0.457 e. The van der Waals surface area contributed by atoms with Crippen molar-refractivity contribution in [1.82, 2.24) is 19.4 Å². The van der Waals surface area contributed by atoms with E-state index in [1.54, 1.807) is 29.2 Å². The Morgan fingerprint density at radius 2 is 1.52 bits per heavy atom. The number of benzene rings is 3. The average Bonchev–Trinajstić information content (AvgIpc) is 3.57. The van der Waals surface area contributed by atoms with Gasteiger partial charge in [-0.2, -0.15) is 18.2 Å². The van der Waals surface area contributed by atoms with E-state index in [0.717, 1.165) is 48.5 Å². The number of halogens is 4. The minimum absolute atomic E-state index is 0.0225. The summed E-state index contributed by atoms with van der Waals surface area (Å²) in [4.78, 5) is 35.4. The Labute approximate surface area is 281 Å². The summed E-state index contributed by atoms with van der Waals surface area (Å²) in [6.45, 7) is 7.35. The van der Waals surface area contributed by atoms with Crippen LogP contribution in [0.15, 0.2) is 82.7 Å². The molecular formula is C36H38F4N4O3S. The summed E-state index contributed by atoms with van der Waals surface area (Å²) in [6.07, 6.45) is -2.29. The maximum absolute atomic E-state index is 14.1. The standard InChI is InChI=1S/C36H38F4N4O3S/c1-3-42(4-2)20-21-43(22-25-10-16-29(17-11-25)47-30-18-12-27(13-19-30)36(38,39)40)33(45)23-44-32-7-5-6-31(32)34(46)41-35(44)48-24-26-8-14-28(37)15-9-26/h8-19H,3-7,20-24H2,1-2H3. The fraction of sp³-hybridized carbons (Fsp3) is 0.361. The van der Waals surface area contributed by atoms with Crippen molar-refractivity contribution in [2.75, 3.05) is 26.2 Å². The van der Waals surface area contributed by atoms with Gasteiger partial charge in [-0.05, 0) is 92.0 Å². The van der Waals surface area contributed by atoms with Crippen LogP contribution >= 0.6 is 11.8 Å². The molecule has 0 radical (unpaired) electrons. The van der Waals surface area contributed by atoms with Crippen molar-refractivity contribution >= 4 is 17.7 Å². The first kappa shape index (κ1) is 35.2. The van der Waals surface area contributed by atoms with Crippen LogP contribution in [0.1, 0.15) is 48.2 Å². The molecule has 0 saturated carbocycles. The predicted octanol–water partition coefficient (Wildman–Crippen LogP) is 7.35. The first-order valence-electron chi connectivity index (χ1n) is 16.0. The number of nitrogens with zero attached hydrogens (tertiary/aromatic N) is 4. The summed E-state index contributed by atoms with van der Waals surface area (Å²) in [7, 11) is 0. The van der Waals surface area contributed by atoms with Crippen LogP contribution in [0, 0.1) is 5.82 Å². The molecule has 0 bridgehead atoms. The Balaban J connectivity index is 1.34. The molecule has 4 aromatic rings. The molecule has 1 amide bonds. The summed E-state index contributed by atoms with van der Waals surface area (Å²) >= 11 is 1.35. The topological polar surface area (TPSA) is 67.7 Å². The fourth-order valence-corrected chi connectivity index (χ4v) is 6.61. The number of fused-ring (bicyclic) bond motifs is 1. The number of carbonyl (C=O) groups excluding carboxylic acids is 1. The van der Waals surface area contributed by atoms with Gasteiger partial charge in [-0.3, -0.25) is 9.59 Å². The van der Waals surface area contributed by atoms with Crippen LogP contribution in [-0.2, 0) is 42.7 Å². The lowest BCUT2D eigenvalue weighted by atomic mass is 10.2. The highest BCUT2D eigenvalue weighted by atomic mass is 32.2. The molecule has 254 valence electrons. The van der Waals surface area contributed by atoms with E-state index in [1.165, 1.54) is 36.0 Å². The van der Waals surface area contributed by atoms with Gasteiger partial charge in [0.1, 0.15) is 23.9 Å². The van der Waals surface area contributed by atoms with Crippen molar-refractivity contribution in [2.45, 2.75) is 63.3 Å². The Morgan fingerprint density at radius 3 is 2.15 bits per heavy atom. The van der Waals surface area contributed by atoms with Crippen LogP contribution in [0.2, 0.25) is 0 Å². The van der Waals surface area contributed by atoms with Crippen molar-refractivity contribution in [2.24, 2.45) is 0 Å². The SMILES string of the molecule is CCN(CC)CCN(Cc1ccc(Oc2ccc(C(F)(F)F)cc2)cc1)C(=O)Cn1c(SCc2ccc(F)cc2)nc(=O)c2c1CCC2. The highest BCUT2D eigenvalue weighted by molar-refractivity contribution is 7.98. The molecule has 12 heteroatoms. The minimum atomic E-state index is -4.42. The summed E-state index contributed by atoms with van der Waals surface area (Å²) in [5, 5.41) is 0.465. The highest BCUT2D eigenvalue weighted by Crippen LogP contribution is 2.32. The van der Waals surface area contributed by atoms with Crippen LogP contribution < -0.4 is 10.3 Å². The lowest BCUT2D eigenvalue weighted by Gasteiger charge is -2.28. The Morgan fingerprint density at radius 1 is 0.896 bits per heavy atom. The molecule has 7 nitrogen and oxygen atoms in total. The third kappa shape index (κ3) is 9.04. The van der Waals surface area contributed by atoms with Gasteiger partial charge in [0.05, 0.1) is 5.56 Å². The summed E-state index contributed by atoms with van der Waals surface area (Å²) in [5.74, 6) is 0.759. The molecule has 0 aliphatic heterocycles. The van der Waals surface area contributed by atoms with Gasteiger partial charge in [-0.15, -0.1) is 0 Å². The van der Waals surface area contributed by atoms with E-state index in [9.17, 15) is 27.2 Å². The molecular weight excluding hydrogens is 644 g/mol. The second kappa shape index (κ2) is 15.8. The minimum Gasteiger partial charge on any atom is -0.457 e. The molecule has 0 unspecified atom stereocenters. The van der Waals surface area contributed by atoms with Crippen molar-refractivity contribution in [3.63, 3.8) is 0 Å². The zero-order chi connectivity index (χ0) is 34.3. The Bertz CT molecular complexity index is 1740. The van der Waals surface area contributed by atoms with E-state index in [1.807, 2.05) is 16.7 Å². The van der Waals surface area contributed by atoms with E-state index < -0.39 is 11.7 Å². The van der Waals surface area contributed by atoms with E-state index in [-0.39, 0.29) is 29.6 Å². The number of hydrogen-bond donors (Lipinski definition) is 0. The zero-order valence-electron chi connectivity index (χ0n) is 26.9. The Kier molecular flexibility index (Phi) is 11.6. The number of hydrogen-bond acceptors (Lipinski definition) is 6. The van der Waals surface area contributed by atoms with E-state index >= 15 is 0 Å². The summed E-state index contributed by atoms with van der Waals surface area (Å²) in [6, 6.07) is 17.8. The van der Waals surface area contributed by atoms with Gasteiger partial charge in [0.25, 0.3) is 5.56 Å². The molecule has 1 aromatic heterocycles. The fourth-order valence-electron chi connectivity index (χ4n) is 5.65. The third-order valence-corrected chi connectivity index (χ3v) is 9.47. The normalized spacial score (nSPS) is 12.7. The van der Waals surface area contributed by atoms with E-state index in [2.05, 4.69) is 23.7 Å². The summed E-state index contributed by atoms with van der Waals surface area (Å²) in [5.41, 5.74) is 2.23. The Hall–Kier alpha value is -4.16. The lowest BCUT2D eigenvalue weighted by Crippen LogP contribution is -2.40. The summed E-state index contributed by atoms with van der Waals surface area (Å²) < 4.78 is 59.8. The molecule has 0 fully saturated rings. The van der Waals surface area contributed by atoms with Crippen LogP contribution in [0.3, 0.4) is 0 Å². The van der Waals surface area contributed by atoms with Gasteiger partial charge in [0.2, 0.25) is 5.91 Å². The number of amides is 1. The average molecular weight is 683 g/mol. The van der Waals surface area contributed by atoms with Crippen LogP contribution in [-0.4, -0.2) is 51.4 Å². The van der Waals surface area contributed by atoms with Crippen LogP contribution in [0.4, 0.5) is 17.6 Å². The molecule has 0 saturated heterocycles. The molecule has 0 atom stereocenters. The van der Waals surface area contributed by atoms with Crippen molar-refractivity contribution in [3.05, 3.63) is 117 Å². The number of alkyl halides is 3. The van der Waals surface area contributed by atoms with Crippen molar-refractivity contribution < 1.29 is 27.1 Å². The lowest BCUT2D eigenvalue weighted by molar-refractivity contribution is -0.137. The van der Waals surface area contributed by atoms with Gasteiger partial charge >= 0.3 is 6.18 Å². The first-order chi connectivity index (χ1) is 23.0. The van der Waals surface area contributed by atoms with E-state index in [0.29, 0.717) is 54.7 Å². The number of ether oxygens (including phenoxy) is 1. The monoisotopic (exact) mass is 682 g/mol. The number of thioether (sulfide) groups is 1. The molecule has 48 heavy (non-hydrogen) atoms. The molecule has 1 aliphatic carbocycles. The molecule has 0 N–H and O–H groups in total. The number of rotatable bonds is 14. The van der Waals surface area contributed by atoms with E-state index in [4.69, 9.17) is 4.74 Å².